The van der Waals surface area contributed by atoms with Gasteiger partial charge in [0.2, 0.25) is 12.0 Å². The molecule has 1 fully saturated rings. The average Bonchev–Trinajstić information content (AvgIpc) is 2.98. The molecule has 3 rings (SSSR count). The van der Waals surface area contributed by atoms with Crippen molar-refractivity contribution in [2.24, 2.45) is 5.73 Å². The lowest BCUT2D eigenvalue weighted by Gasteiger charge is -2.16. The third-order valence-corrected chi connectivity index (χ3v) is 4.03. The summed E-state index contributed by atoms with van der Waals surface area (Å²) < 4.78 is 5.28. The first-order valence-corrected chi connectivity index (χ1v) is 8.18. The van der Waals surface area contributed by atoms with Crippen LogP contribution in [0.5, 0.6) is 0 Å². The zero-order valence-electron chi connectivity index (χ0n) is 14.3. The minimum Gasteiger partial charge on any atom is -0.444 e. The van der Waals surface area contributed by atoms with E-state index in [1.54, 1.807) is 42.5 Å². The van der Waals surface area contributed by atoms with Crippen molar-refractivity contribution < 1.29 is 23.9 Å². The molecular formula is C19H17N3O5. The summed E-state index contributed by atoms with van der Waals surface area (Å²) in [5.74, 6) is -1.86. The van der Waals surface area contributed by atoms with Gasteiger partial charge in [-0.2, -0.15) is 0 Å². The van der Waals surface area contributed by atoms with Crippen LogP contribution in [0.3, 0.4) is 0 Å². The Balaban J connectivity index is 1.76. The van der Waals surface area contributed by atoms with Gasteiger partial charge in [-0.3, -0.25) is 14.5 Å². The van der Waals surface area contributed by atoms with Crippen LogP contribution in [-0.4, -0.2) is 35.3 Å². The van der Waals surface area contributed by atoms with Crippen LogP contribution in [-0.2, 0) is 20.9 Å². The summed E-state index contributed by atoms with van der Waals surface area (Å²) in [5.41, 5.74) is 6.58. The highest BCUT2D eigenvalue weighted by Gasteiger charge is 2.28. The molecule has 138 valence electrons. The maximum Gasteiger partial charge on any atom is 0.339 e. The number of amides is 4. The lowest BCUT2D eigenvalue weighted by Crippen LogP contribution is -2.30. The Kier molecular flexibility index (Phi) is 5.16. The van der Waals surface area contributed by atoms with E-state index in [2.05, 4.69) is 5.32 Å². The van der Waals surface area contributed by atoms with Crippen molar-refractivity contribution in [2.45, 2.75) is 12.6 Å². The van der Waals surface area contributed by atoms with E-state index in [1.165, 1.54) is 12.1 Å². The van der Waals surface area contributed by atoms with Crippen LogP contribution in [0.1, 0.15) is 27.6 Å². The highest BCUT2D eigenvalue weighted by molar-refractivity contribution is 6.01. The number of nitrogens with two attached hydrogens (primary N) is 1. The highest BCUT2D eigenvalue weighted by atomic mass is 16.5. The van der Waals surface area contributed by atoms with Gasteiger partial charge < -0.3 is 15.8 Å². The molecule has 0 aromatic heterocycles. The number of imide groups is 1. The van der Waals surface area contributed by atoms with Crippen molar-refractivity contribution in [1.82, 2.24) is 10.2 Å². The molecule has 1 atom stereocenters. The van der Waals surface area contributed by atoms with E-state index in [-0.39, 0.29) is 24.6 Å². The Bertz CT molecular complexity index is 881. The van der Waals surface area contributed by atoms with Crippen LogP contribution < -0.4 is 11.1 Å². The van der Waals surface area contributed by atoms with Crippen molar-refractivity contribution in [2.75, 3.05) is 6.54 Å². The minimum atomic E-state index is -1.21. The quantitative estimate of drug-likeness (QED) is 0.586. The molecule has 8 heteroatoms. The van der Waals surface area contributed by atoms with Crippen molar-refractivity contribution >= 4 is 23.8 Å². The Morgan fingerprint density at radius 1 is 1.11 bits per heavy atom. The summed E-state index contributed by atoms with van der Waals surface area (Å²) in [6.07, 6.45) is -1.21. The van der Waals surface area contributed by atoms with E-state index >= 15 is 0 Å². The van der Waals surface area contributed by atoms with Crippen molar-refractivity contribution in [3.8, 4) is 0 Å². The zero-order valence-corrected chi connectivity index (χ0v) is 14.3. The fourth-order valence-corrected chi connectivity index (χ4v) is 2.69. The number of esters is 1. The van der Waals surface area contributed by atoms with E-state index in [4.69, 9.17) is 10.5 Å². The van der Waals surface area contributed by atoms with Gasteiger partial charge in [-0.25, -0.2) is 9.59 Å². The molecule has 2 aromatic carbocycles. The number of carbonyl (C=O) groups excluding carboxylic acids is 4. The molecule has 0 aliphatic carbocycles. The monoisotopic (exact) mass is 367 g/mol. The van der Waals surface area contributed by atoms with Gasteiger partial charge in [-0.05, 0) is 17.7 Å². The average molecular weight is 367 g/mol. The Morgan fingerprint density at radius 2 is 1.85 bits per heavy atom. The second kappa shape index (κ2) is 7.69. The van der Waals surface area contributed by atoms with Gasteiger partial charge in [0.15, 0.2) is 0 Å². The number of hydrogen-bond donors (Lipinski definition) is 2. The molecule has 4 amide bonds. The molecule has 1 heterocycles. The van der Waals surface area contributed by atoms with Crippen molar-refractivity contribution in [3.05, 3.63) is 71.3 Å². The predicted molar refractivity (Wildman–Crippen MR) is 94.2 cm³/mol. The number of nitrogens with one attached hydrogen (secondary N) is 1. The largest absolute Gasteiger partial charge is 0.444 e. The highest BCUT2D eigenvalue weighted by Crippen LogP contribution is 2.20. The van der Waals surface area contributed by atoms with Gasteiger partial charge in [0.25, 0.3) is 5.91 Å². The zero-order chi connectivity index (χ0) is 19.4. The number of rotatable bonds is 6. The van der Waals surface area contributed by atoms with Crippen LogP contribution in [0.15, 0.2) is 54.6 Å². The summed E-state index contributed by atoms with van der Waals surface area (Å²) >= 11 is 0. The Labute approximate surface area is 154 Å². The standard InChI is InChI=1S/C19H17N3O5/c20-17(24)16(13-6-2-1-3-7-13)27-18(25)14-8-4-5-12(9-14)11-22-15(23)10-21-19(22)26/h1-9,16H,10-11H2,(H2,20,24)(H,21,26). The SMILES string of the molecule is NC(=O)C(OC(=O)c1cccc(CN2C(=O)CNC2=O)c1)c1ccccc1. The molecule has 3 N–H and O–H groups in total. The Morgan fingerprint density at radius 3 is 2.48 bits per heavy atom. The van der Waals surface area contributed by atoms with E-state index in [0.717, 1.165) is 4.90 Å². The summed E-state index contributed by atoms with van der Waals surface area (Å²) in [4.78, 5) is 48.5. The predicted octanol–water partition coefficient (Wildman–Crippen LogP) is 1.12. The molecule has 0 radical (unpaired) electrons. The number of urea groups is 1. The van der Waals surface area contributed by atoms with Crippen LogP contribution in [0.4, 0.5) is 4.79 Å². The molecule has 0 bridgehead atoms. The number of primary amides is 1. The molecule has 8 nitrogen and oxygen atoms in total. The summed E-state index contributed by atoms with van der Waals surface area (Å²) in [6, 6.07) is 14.3. The molecule has 1 saturated heterocycles. The normalized spacial score (nSPS) is 14.6. The summed E-state index contributed by atoms with van der Waals surface area (Å²) in [6.45, 7) is -0.0122. The van der Waals surface area contributed by atoms with Gasteiger partial charge in [-0.15, -0.1) is 0 Å². The van der Waals surface area contributed by atoms with Gasteiger partial charge in [0.1, 0.15) is 0 Å². The lowest BCUT2D eigenvalue weighted by molar-refractivity contribution is -0.127. The molecule has 0 saturated carbocycles. The van der Waals surface area contributed by atoms with Crippen LogP contribution >= 0.6 is 0 Å². The van der Waals surface area contributed by atoms with Crippen molar-refractivity contribution in [1.29, 1.82) is 0 Å². The maximum atomic E-state index is 12.5. The topological polar surface area (TPSA) is 119 Å². The lowest BCUT2D eigenvalue weighted by atomic mass is 10.1. The number of hydrogen-bond acceptors (Lipinski definition) is 5. The minimum absolute atomic E-state index is 0.0315. The fraction of sp³-hybridized carbons (Fsp3) is 0.158. The van der Waals surface area contributed by atoms with Gasteiger partial charge in [-0.1, -0.05) is 42.5 Å². The summed E-state index contributed by atoms with van der Waals surface area (Å²) in [5, 5.41) is 2.43. The molecular weight excluding hydrogens is 350 g/mol. The third kappa shape index (κ3) is 4.12. The first kappa shape index (κ1) is 18.1. The van der Waals surface area contributed by atoms with Gasteiger partial charge >= 0.3 is 12.0 Å². The number of benzene rings is 2. The van der Waals surface area contributed by atoms with Gasteiger partial charge in [0, 0.05) is 5.56 Å². The molecule has 1 aliphatic rings. The smallest absolute Gasteiger partial charge is 0.339 e. The molecule has 2 aromatic rings. The maximum absolute atomic E-state index is 12.5. The first-order chi connectivity index (χ1) is 13.0. The van der Waals surface area contributed by atoms with Crippen LogP contribution in [0.25, 0.3) is 0 Å². The van der Waals surface area contributed by atoms with E-state index in [1.807, 2.05) is 0 Å². The van der Waals surface area contributed by atoms with Crippen LogP contribution in [0, 0.1) is 0 Å². The van der Waals surface area contributed by atoms with E-state index < -0.39 is 24.0 Å². The first-order valence-electron chi connectivity index (χ1n) is 8.18. The number of ether oxygens (including phenoxy) is 1. The fourth-order valence-electron chi connectivity index (χ4n) is 2.69. The third-order valence-electron chi connectivity index (χ3n) is 4.03. The van der Waals surface area contributed by atoms with Gasteiger partial charge in [0.05, 0.1) is 18.7 Å². The van der Waals surface area contributed by atoms with E-state index in [9.17, 15) is 19.2 Å². The molecule has 27 heavy (non-hydrogen) atoms. The number of nitrogens with zero attached hydrogens (tertiary/aromatic N) is 1. The second-order valence-corrected chi connectivity index (χ2v) is 5.94. The molecule has 1 aliphatic heterocycles. The summed E-state index contributed by atoms with van der Waals surface area (Å²) in [7, 11) is 0. The molecule has 0 spiro atoms. The van der Waals surface area contributed by atoms with Crippen molar-refractivity contribution in [3.63, 3.8) is 0 Å². The van der Waals surface area contributed by atoms with E-state index in [0.29, 0.717) is 11.1 Å². The Hall–Kier alpha value is -3.68. The second-order valence-electron chi connectivity index (χ2n) is 5.94. The molecule has 1 unspecified atom stereocenters. The number of carbonyl (C=O) groups is 4. The van der Waals surface area contributed by atoms with Crippen LogP contribution in [0.2, 0.25) is 0 Å².